The van der Waals surface area contributed by atoms with Crippen LogP contribution in [0.25, 0.3) is 10.9 Å². The third-order valence-electron chi connectivity index (χ3n) is 7.95. The van der Waals surface area contributed by atoms with E-state index in [0.29, 0.717) is 34.2 Å². The zero-order valence-corrected chi connectivity index (χ0v) is 23.6. The molecule has 2 aliphatic rings. The summed E-state index contributed by atoms with van der Waals surface area (Å²) >= 11 is 7.55. The Morgan fingerprint density at radius 1 is 0.974 bits per heavy atom. The maximum absolute atomic E-state index is 13.5. The predicted molar refractivity (Wildman–Crippen MR) is 156 cm³/mol. The van der Waals surface area contributed by atoms with E-state index in [1.54, 1.807) is 4.57 Å². The quantitative estimate of drug-likeness (QED) is 0.270. The fraction of sp³-hybridized carbons (Fsp3) is 0.467. The van der Waals surface area contributed by atoms with Gasteiger partial charge in [-0.05, 0) is 68.2 Å². The average molecular weight is 567 g/mol. The van der Waals surface area contributed by atoms with Crippen LogP contribution in [0.4, 0.5) is 0 Å². The highest BCUT2D eigenvalue weighted by atomic mass is 35.5. The highest BCUT2D eigenvalue weighted by Crippen LogP contribution is 2.31. The summed E-state index contributed by atoms with van der Waals surface area (Å²) in [5.41, 5.74) is 1.49. The summed E-state index contributed by atoms with van der Waals surface area (Å²) in [7, 11) is 0. The molecule has 2 aliphatic carbocycles. The van der Waals surface area contributed by atoms with Gasteiger partial charge in [-0.15, -0.1) is 0 Å². The predicted octanol–water partition coefficient (Wildman–Crippen LogP) is 5.32. The molecule has 3 aromatic rings. The largest absolute Gasteiger partial charge is 0.353 e. The van der Waals surface area contributed by atoms with Crippen molar-refractivity contribution in [2.75, 3.05) is 5.75 Å². The monoisotopic (exact) mass is 566 g/mol. The van der Waals surface area contributed by atoms with E-state index in [2.05, 4.69) is 10.6 Å². The van der Waals surface area contributed by atoms with E-state index in [4.69, 9.17) is 16.6 Å². The number of para-hydroxylation sites is 1. The summed E-state index contributed by atoms with van der Waals surface area (Å²) in [6.45, 7) is 0.961. The van der Waals surface area contributed by atoms with E-state index < -0.39 is 0 Å². The smallest absolute Gasteiger partial charge is 0.262 e. The lowest BCUT2D eigenvalue weighted by atomic mass is 9.81. The Balaban J connectivity index is 1.21. The fourth-order valence-corrected chi connectivity index (χ4v) is 6.74. The minimum absolute atomic E-state index is 0.0100. The molecule has 7 nitrogen and oxygen atoms in total. The molecule has 206 valence electrons. The molecule has 1 aromatic heterocycles. The molecule has 39 heavy (non-hydrogen) atoms. The van der Waals surface area contributed by atoms with Gasteiger partial charge in [-0.2, -0.15) is 0 Å². The van der Waals surface area contributed by atoms with Crippen molar-refractivity contribution in [2.24, 2.45) is 11.8 Å². The Morgan fingerprint density at radius 2 is 1.69 bits per heavy atom. The molecule has 2 aromatic carbocycles. The second kappa shape index (κ2) is 13.0. The molecule has 0 aliphatic heterocycles. The van der Waals surface area contributed by atoms with Gasteiger partial charge >= 0.3 is 0 Å². The molecule has 2 amide bonds. The average Bonchev–Trinajstić information content (AvgIpc) is 3.46. The molecule has 0 spiro atoms. The first-order valence-electron chi connectivity index (χ1n) is 13.9. The van der Waals surface area contributed by atoms with Crippen LogP contribution in [0.2, 0.25) is 5.02 Å². The maximum atomic E-state index is 13.5. The first-order valence-corrected chi connectivity index (χ1v) is 15.3. The highest BCUT2D eigenvalue weighted by molar-refractivity contribution is 7.99. The molecule has 0 bridgehead atoms. The van der Waals surface area contributed by atoms with Gasteiger partial charge in [-0.1, -0.05) is 66.5 Å². The molecule has 2 saturated carbocycles. The molecular weight excluding hydrogens is 532 g/mol. The van der Waals surface area contributed by atoms with Gasteiger partial charge in [0.2, 0.25) is 11.8 Å². The van der Waals surface area contributed by atoms with Gasteiger partial charge in [-0.3, -0.25) is 19.0 Å². The number of hydrogen-bond donors (Lipinski definition) is 2. The van der Waals surface area contributed by atoms with E-state index in [1.165, 1.54) is 11.8 Å². The van der Waals surface area contributed by atoms with E-state index in [9.17, 15) is 14.4 Å². The molecule has 1 heterocycles. The van der Waals surface area contributed by atoms with Crippen LogP contribution < -0.4 is 16.2 Å². The van der Waals surface area contributed by atoms with Gasteiger partial charge < -0.3 is 10.6 Å². The van der Waals surface area contributed by atoms with Crippen LogP contribution in [0, 0.1) is 11.8 Å². The van der Waals surface area contributed by atoms with E-state index in [1.807, 2.05) is 48.5 Å². The summed E-state index contributed by atoms with van der Waals surface area (Å²) < 4.78 is 1.75. The lowest BCUT2D eigenvalue weighted by molar-refractivity contribution is -0.126. The molecule has 0 atom stereocenters. The molecule has 0 unspecified atom stereocenters. The van der Waals surface area contributed by atoms with Crippen LogP contribution in [-0.4, -0.2) is 33.2 Å². The number of halogens is 1. The van der Waals surface area contributed by atoms with Gasteiger partial charge in [0.05, 0.1) is 16.7 Å². The summed E-state index contributed by atoms with van der Waals surface area (Å²) in [5, 5.41) is 7.98. The second-order valence-electron chi connectivity index (χ2n) is 10.7. The van der Waals surface area contributed by atoms with Crippen molar-refractivity contribution >= 4 is 46.1 Å². The van der Waals surface area contributed by atoms with Gasteiger partial charge in [0.15, 0.2) is 5.16 Å². The fourth-order valence-electron chi connectivity index (χ4n) is 5.72. The van der Waals surface area contributed by atoms with Gasteiger partial charge in [0.1, 0.15) is 0 Å². The number of aromatic nitrogens is 2. The number of carbonyl (C=O) groups excluding carboxylic acids is 2. The van der Waals surface area contributed by atoms with Crippen molar-refractivity contribution in [1.82, 2.24) is 20.2 Å². The minimum Gasteiger partial charge on any atom is -0.353 e. The van der Waals surface area contributed by atoms with Gasteiger partial charge in [0, 0.05) is 30.1 Å². The number of amides is 2. The minimum atomic E-state index is -0.0705. The molecule has 2 fully saturated rings. The third-order valence-corrected chi connectivity index (χ3v) is 9.29. The summed E-state index contributed by atoms with van der Waals surface area (Å²) in [4.78, 5) is 43.7. The summed E-state index contributed by atoms with van der Waals surface area (Å²) in [5.74, 6) is 0.513. The molecule has 0 radical (unpaired) electrons. The van der Waals surface area contributed by atoms with Crippen LogP contribution >= 0.6 is 23.4 Å². The molecular formula is C30H35ClN4O3S. The van der Waals surface area contributed by atoms with Crippen molar-refractivity contribution < 1.29 is 9.59 Å². The number of benzene rings is 2. The van der Waals surface area contributed by atoms with Crippen molar-refractivity contribution in [3.8, 4) is 0 Å². The van der Waals surface area contributed by atoms with Crippen LogP contribution in [0.15, 0.2) is 58.5 Å². The first kappa shape index (κ1) is 27.7. The Morgan fingerprint density at radius 3 is 2.46 bits per heavy atom. The molecule has 0 saturated heterocycles. The molecule has 9 heteroatoms. The number of rotatable bonds is 9. The van der Waals surface area contributed by atoms with Crippen LogP contribution in [0.5, 0.6) is 0 Å². The lowest BCUT2D eigenvalue weighted by Crippen LogP contribution is -2.35. The zero-order valence-electron chi connectivity index (χ0n) is 22.0. The highest BCUT2D eigenvalue weighted by Gasteiger charge is 2.28. The first-order chi connectivity index (χ1) is 19.0. The number of hydrogen-bond acceptors (Lipinski definition) is 5. The molecule has 2 N–H and O–H groups in total. The Bertz CT molecular complexity index is 1380. The SMILES string of the molecule is O=C(CSc1nc2ccccc2c(=O)n1CC1CCC(C(=O)NCc2ccccc2Cl)CC1)NC1CCCC1. The second-order valence-corrected chi connectivity index (χ2v) is 12.0. The normalized spacial score (nSPS) is 19.7. The number of carbonyl (C=O) groups is 2. The number of thioether (sulfide) groups is 1. The lowest BCUT2D eigenvalue weighted by Gasteiger charge is -2.28. The number of nitrogens with one attached hydrogen (secondary N) is 2. The topological polar surface area (TPSA) is 93.1 Å². The number of nitrogens with zero attached hydrogens (tertiary/aromatic N) is 2. The van der Waals surface area contributed by atoms with Gasteiger partial charge in [0.25, 0.3) is 5.56 Å². The van der Waals surface area contributed by atoms with Crippen LogP contribution in [0.1, 0.15) is 56.9 Å². The Hall–Kier alpha value is -2.84. The zero-order chi connectivity index (χ0) is 27.2. The summed E-state index contributed by atoms with van der Waals surface area (Å²) in [6.07, 6.45) is 7.67. The van der Waals surface area contributed by atoms with Crippen molar-refractivity contribution in [2.45, 2.75) is 75.7 Å². The third kappa shape index (κ3) is 7.03. The molecule has 5 rings (SSSR count). The number of fused-ring (bicyclic) bond motifs is 1. The van der Waals surface area contributed by atoms with Gasteiger partial charge in [-0.25, -0.2) is 4.98 Å². The van der Waals surface area contributed by atoms with Crippen molar-refractivity contribution in [3.63, 3.8) is 0 Å². The standard InChI is InChI=1S/C30H35ClN4O3S/c31-25-11-5-1-7-22(25)17-32-28(37)21-15-13-20(14-16-21)18-35-29(38)24-10-4-6-12-26(24)34-30(35)39-19-27(36)33-23-8-2-3-9-23/h1,4-7,10-12,20-21,23H,2-3,8-9,13-19H2,(H,32,37)(H,33,36). The Kier molecular flexibility index (Phi) is 9.24. The van der Waals surface area contributed by atoms with Crippen LogP contribution in [-0.2, 0) is 22.7 Å². The van der Waals surface area contributed by atoms with E-state index >= 15 is 0 Å². The Labute approximate surface area is 238 Å². The summed E-state index contributed by atoms with van der Waals surface area (Å²) in [6, 6.07) is 15.2. The van der Waals surface area contributed by atoms with Crippen molar-refractivity contribution in [1.29, 1.82) is 0 Å². The van der Waals surface area contributed by atoms with Crippen molar-refractivity contribution in [3.05, 3.63) is 69.5 Å². The maximum Gasteiger partial charge on any atom is 0.262 e. The van der Waals surface area contributed by atoms with E-state index in [-0.39, 0.29) is 41.0 Å². The van der Waals surface area contributed by atoms with Crippen LogP contribution in [0.3, 0.4) is 0 Å². The van der Waals surface area contributed by atoms with E-state index in [0.717, 1.165) is 56.9 Å².